The number of nitrogens with two attached hydrogens (primary N) is 1. The number of nitrogens with zero attached hydrogens (tertiary/aromatic N) is 3. The summed E-state index contributed by atoms with van der Waals surface area (Å²) in [7, 11) is 0. The van der Waals surface area contributed by atoms with Crippen LogP contribution in [0, 0.1) is 0 Å². The van der Waals surface area contributed by atoms with Gasteiger partial charge in [-0.15, -0.1) is 0 Å². The first-order valence-electron chi connectivity index (χ1n) is 5.28. The van der Waals surface area contributed by atoms with Gasteiger partial charge in [-0.05, 0) is 41.4 Å². The van der Waals surface area contributed by atoms with Crippen LogP contribution in [0.25, 0.3) is 11.6 Å². The molecule has 5 nitrogen and oxygen atoms in total. The van der Waals surface area contributed by atoms with Crippen LogP contribution in [-0.4, -0.2) is 15.1 Å². The number of halogens is 1. The molecule has 1 atom stereocenters. The lowest BCUT2D eigenvalue weighted by Crippen LogP contribution is -2.33. The summed E-state index contributed by atoms with van der Waals surface area (Å²) in [5.41, 5.74) is 6.09. The van der Waals surface area contributed by atoms with Crippen molar-refractivity contribution in [3.8, 4) is 11.6 Å². The maximum Gasteiger partial charge on any atom is 0.277 e. The van der Waals surface area contributed by atoms with Gasteiger partial charge < -0.3 is 10.3 Å². The third-order valence-electron chi connectivity index (χ3n) is 2.63. The number of rotatable bonds is 3. The Balaban J connectivity index is 2.40. The molecule has 0 saturated heterocycles. The molecular weight excluding hydrogens is 284 g/mol. The van der Waals surface area contributed by atoms with Gasteiger partial charge in [-0.25, -0.2) is 4.98 Å². The lowest BCUT2D eigenvalue weighted by molar-refractivity contribution is 0.378. The Hall–Kier alpha value is -1.27. The van der Waals surface area contributed by atoms with E-state index in [1.807, 2.05) is 26.0 Å². The highest BCUT2D eigenvalue weighted by molar-refractivity contribution is 9.10. The van der Waals surface area contributed by atoms with Gasteiger partial charge in [0.25, 0.3) is 5.89 Å². The van der Waals surface area contributed by atoms with Crippen molar-refractivity contribution in [3.63, 3.8) is 0 Å². The smallest absolute Gasteiger partial charge is 0.277 e. The highest BCUT2D eigenvalue weighted by Crippen LogP contribution is 2.26. The maximum absolute atomic E-state index is 6.05. The molecule has 0 bridgehead atoms. The average molecular weight is 297 g/mol. The monoisotopic (exact) mass is 296 g/mol. The second-order valence-electron chi connectivity index (χ2n) is 4.03. The van der Waals surface area contributed by atoms with Crippen molar-refractivity contribution in [2.45, 2.75) is 25.8 Å². The van der Waals surface area contributed by atoms with Gasteiger partial charge in [0, 0.05) is 10.7 Å². The Morgan fingerprint density at radius 2 is 2.29 bits per heavy atom. The summed E-state index contributed by atoms with van der Waals surface area (Å²) in [5.74, 6) is 0.866. The lowest BCUT2D eigenvalue weighted by Gasteiger charge is -2.16. The molecule has 0 spiro atoms. The van der Waals surface area contributed by atoms with Crippen LogP contribution < -0.4 is 5.73 Å². The zero-order valence-corrected chi connectivity index (χ0v) is 11.2. The van der Waals surface area contributed by atoms with E-state index in [0.717, 1.165) is 10.9 Å². The van der Waals surface area contributed by atoms with Crippen molar-refractivity contribution in [1.29, 1.82) is 0 Å². The Kier molecular flexibility index (Phi) is 3.26. The van der Waals surface area contributed by atoms with Gasteiger partial charge in [-0.3, -0.25) is 0 Å². The molecule has 2 aromatic heterocycles. The van der Waals surface area contributed by atoms with Gasteiger partial charge in [-0.1, -0.05) is 12.1 Å². The highest BCUT2D eigenvalue weighted by atomic mass is 79.9. The van der Waals surface area contributed by atoms with Crippen molar-refractivity contribution in [2.75, 3.05) is 0 Å². The molecule has 90 valence electrons. The van der Waals surface area contributed by atoms with Gasteiger partial charge in [0.2, 0.25) is 0 Å². The van der Waals surface area contributed by atoms with E-state index in [4.69, 9.17) is 10.3 Å². The maximum atomic E-state index is 6.05. The second-order valence-corrected chi connectivity index (χ2v) is 4.88. The summed E-state index contributed by atoms with van der Waals surface area (Å²) in [6, 6.07) is 3.69. The third-order valence-corrected chi connectivity index (χ3v) is 3.27. The molecule has 0 aliphatic rings. The van der Waals surface area contributed by atoms with Crippen LogP contribution in [0.4, 0.5) is 0 Å². The van der Waals surface area contributed by atoms with E-state index in [-0.39, 0.29) is 0 Å². The summed E-state index contributed by atoms with van der Waals surface area (Å²) in [5, 5.41) is 3.90. The van der Waals surface area contributed by atoms with E-state index in [1.165, 1.54) is 0 Å². The van der Waals surface area contributed by atoms with Crippen molar-refractivity contribution >= 4 is 15.9 Å². The molecule has 2 rings (SSSR count). The highest BCUT2D eigenvalue weighted by Gasteiger charge is 2.26. The molecule has 0 amide bonds. The molecule has 0 aromatic carbocycles. The van der Waals surface area contributed by atoms with Crippen LogP contribution in [-0.2, 0) is 5.54 Å². The van der Waals surface area contributed by atoms with Gasteiger partial charge in [0.05, 0.1) is 5.54 Å². The normalized spacial score (nSPS) is 14.6. The van der Waals surface area contributed by atoms with Gasteiger partial charge >= 0.3 is 0 Å². The molecule has 0 saturated carbocycles. The summed E-state index contributed by atoms with van der Waals surface area (Å²) in [4.78, 5) is 8.47. The largest absolute Gasteiger partial charge is 0.332 e. The van der Waals surface area contributed by atoms with Crippen molar-refractivity contribution < 1.29 is 4.52 Å². The van der Waals surface area contributed by atoms with Crippen molar-refractivity contribution in [3.05, 3.63) is 28.6 Å². The van der Waals surface area contributed by atoms with Crippen LogP contribution in [0.15, 0.2) is 27.3 Å². The fourth-order valence-corrected chi connectivity index (χ4v) is 1.68. The SMILES string of the molecule is CCC(C)(N)c1noc(-c2ncccc2Br)n1. The summed E-state index contributed by atoms with van der Waals surface area (Å²) in [6.07, 6.45) is 2.40. The first-order valence-corrected chi connectivity index (χ1v) is 6.08. The average Bonchev–Trinajstić information content (AvgIpc) is 2.79. The van der Waals surface area contributed by atoms with E-state index in [2.05, 4.69) is 31.1 Å². The lowest BCUT2D eigenvalue weighted by atomic mass is 10.0. The predicted molar refractivity (Wildman–Crippen MR) is 67.1 cm³/mol. The first-order chi connectivity index (χ1) is 8.04. The van der Waals surface area contributed by atoms with Crippen molar-refractivity contribution in [2.24, 2.45) is 5.73 Å². The Morgan fingerprint density at radius 1 is 1.53 bits per heavy atom. The van der Waals surface area contributed by atoms with E-state index < -0.39 is 5.54 Å². The molecule has 0 aliphatic heterocycles. The zero-order valence-electron chi connectivity index (χ0n) is 9.64. The van der Waals surface area contributed by atoms with Gasteiger partial charge in [0.15, 0.2) is 5.82 Å². The van der Waals surface area contributed by atoms with Crippen LogP contribution in [0.5, 0.6) is 0 Å². The minimum Gasteiger partial charge on any atom is -0.332 e. The van der Waals surface area contributed by atoms with E-state index in [0.29, 0.717) is 17.4 Å². The fourth-order valence-electron chi connectivity index (χ4n) is 1.25. The molecule has 0 radical (unpaired) electrons. The van der Waals surface area contributed by atoms with E-state index in [1.54, 1.807) is 6.20 Å². The molecule has 1 unspecified atom stereocenters. The van der Waals surface area contributed by atoms with E-state index in [9.17, 15) is 0 Å². The van der Waals surface area contributed by atoms with Crippen LogP contribution in [0.2, 0.25) is 0 Å². The van der Waals surface area contributed by atoms with E-state index >= 15 is 0 Å². The number of pyridine rings is 1. The summed E-state index contributed by atoms with van der Waals surface area (Å²) < 4.78 is 6.00. The molecule has 17 heavy (non-hydrogen) atoms. The molecule has 0 fully saturated rings. The molecular formula is C11H13BrN4O. The standard InChI is InChI=1S/C11H13BrN4O/c1-3-11(2,13)10-15-9(17-16-10)8-7(12)5-4-6-14-8/h4-6H,3,13H2,1-2H3. The van der Waals surface area contributed by atoms with Gasteiger partial charge in [-0.2, -0.15) is 4.98 Å². The number of hydrogen-bond donors (Lipinski definition) is 1. The minimum atomic E-state index is -0.580. The Morgan fingerprint density at radius 3 is 2.94 bits per heavy atom. The number of hydrogen-bond acceptors (Lipinski definition) is 5. The molecule has 6 heteroatoms. The number of aromatic nitrogens is 3. The van der Waals surface area contributed by atoms with Crippen LogP contribution in [0.1, 0.15) is 26.1 Å². The second kappa shape index (κ2) is 4.54. The fraction of sp³-hybridized carbons (Fsp3) is 0.364. The Labute approximate surface area is 108 Å². The topological polar surface area (TPSA) is 77.8 Å². The third kappa shape index (κ3) is 2.37. The van der Waals surface area contributed by atoms with Crippen LogP contribution >= 0.6 is 15.9 Å². The molecule has 2 N–H and O–H groups in total. The minimum absolute atomic E-state index is 0.373. The summed E-state index contributed by atoms with van der Waals surface area (Å²) >= 11 is 3.39. The molecule has 2 aromatic rings. The molecule has 2 heterocycles. The van der Waals surface area contributed by atoms with Gasteiger partial charge in [0.1, 0.15) is 5.69 Å². The predicted octanol–water partition coefficient (Wildman–Crippen LogP) is 2.48. The van der Waals surface area contributed by atoms with Crippen molar-refractivity contribution in [1.82, 2.24) is 15.1 Å². The molecule has 0 aliphatic carbocycles. The first kappa shape index (κ1) is 12.2. The quantitative estimate of drug-likeness (QED) is 0.941. The van der Waals surface area contributed by atoms with Crippen LogP contribution in [0.3, 0.4) is 0 Å². The Bertz CT molecular complexity index is 524. The summed E-state index contributed by atoms with van der Waals surface area (Å²) in [6.45, 7) is 3.85. The zero-order chi connectivity index (χ0) is 12.5.